The first kappa shape index (κ1) is 17.9. The number of fused-ring (bicyclic) bond motifs is 1. The SMILES string of the molecule is CC1(C)O[C@H]2O[C@H]([C@H]3COC(C)(C)O3)[C@H](O/C=C/c3ccccc3)[C@H]2O1. The quantitative estimate of drug-likeness (QED) is 0.768. The van der Waals surface area contributed by atoms with Gasteiger partial charge in [0.1, 0.15) is 12.2 Å². The molecule has 1 aromatic rings. The van der Waals surface area contributed by atoms with Gasteiger partial charge in [0.05, 0.1) is 12.9 Å². The van der Waals surface area contributed by atoms with Gasteiger partial charge in [0.2, 0.25) is 0 Å². The minimum atomic E-state index is -0.697. The standard InChI is InChI=1S/C20H26O6/c1-19(2)22-12-14(24-19)15-16(17-18(23-15)26-20(3,4)25-17)21-11-10-13-8-6-5-7-9-13/h5-11,14-18H,12H2,1-4H3/b11-10+/t14-,15-,16+,17-,18-/m1/s1. The fraction of sp³-hybridized carbons (Fsp3) is 0.600. The molecule has 6 nitrogen and oxygen atoms in total. The molecule has 0 saturated carbocycles. The summed E-state index contributed by atoms with van der Waals surface area (Å²) in [6.45, 7) is 7.98. The summed E-state index contributed by atoms with van der Waals surface area (Å²) in [4.78, 5) is 0. The van der Waals surface area contributed by atoms with Crippen molar-refractivity contribution in [1.29, 1.82) is 0 Å². The van der Waals surface area contributed by atoms with Crippen LogP contribution < -0.4 is 0 Å². The Morgan fingerprint density at radius 1 is 0.962 bits per heavy atom. The molecule has 0 unspecified atom stereocenters. The molecular formula is C20H26O6. The molecule has 3 saturated heterocycles. The molecule has 0 N–H and O–H groups in total. The second kappa shape index (κ2) is 6.62. The Hall–Kier alpha value is -1.44. The molecule has 5 atom stereocenters. The van der Waals surface area contributed by atoms with Gasteiger partial charge in [-0.05, 0) is 39.3 Å². The minimum absolute atomic E-state index is 0.235. The van der Waals surface area contributed by atoms with Crippen LogP contribution in [0.4, 0.5) is 0 Å². The van der Waals surface area contributed by atoms with Crippen molar-refractivity contribution in [3.05, 3.63) is 42.2 Å². The summed E-state index contributed by atoms with van der Waals surface area (Å²) in [5.41, 5.74) is 1.06. The molecular weight excluding hydrogens is 336 g/mol. The molecule has 3 aliphatic heterocycles. The summed E-state index contributed by atoms with van der Waals surface area (Å²) < 4.78 is 35.7. The molecule has 0 bridgehead atoms. The van der Waals surface area contributed by atoms with E-state index in [0.29, 0.717) is 6.61 Å². The van der Waals surface area contributed by atoms with E-state index in [4.69, 9.17) is 28.4 Å². The van der Waals surface area contributed by atoms with Crippen molar-refractivity contribution in [2.24, 2.45) is 0 Å². The molecule has 0 radical (unpaired) electrons. The van der Waals surface area contributed by atoms with Gasteiger partial charge in [-0.15, -0.1) is 0 Å². The number of benzene rings is 1. The van der Waals surface area contributed by atoms with Crippen LogP contribution in [0, 0.1) is 0 Å². The van der Waals surface area contributed by atoms with Gasteiger partial charge in [-0.3, -0.25) is 0 Å². The van der Waals surface area contributed by atoms with E-state index in [1.54, 1.807) is 6.26 Å². The monoisotopic (exact) mass is 362 g/mol. The van der Waals surface area contributed by atoms with E-state index in [1.165, 1.54) is 0 Å². The lowest BCUT2D eigenvalue weighted by molar-refractivity contribution is -0.232. The lowest BCUT2D eigenvalue weighted by Gasteiger charge is -2.28. The molecule has 4 rings (SSSR count). The van der Waals surface area contributed by atoms with E-state index in [9.17, 15) is 0 Å². The van der Waals surface area contributed by atoms with Crippen molar-refractivity contribution in [2.75, 3.05) is 6.61 Å². The Morgan fingerprint density at radius 2 is 1.73 bits per heavy atom. The third kappa shape index (κ3) is 3.66. The highest BCUT2D eigenvalue weighted by molar-refractivity contribution is 5.47. The van der Waals surface area contributed by atoms with Crippen LogP contribution in [-0.2, 0) is 28.4 Å². The summed E-state index contributed by atoms with van der Waals surface area (Å²) in [5, 5.41) is 0. The average Bonchev–Trinajstić information content (AvgIpc) is 3.18. The maximum Gasteiger partial charge on any atom is 0.191 e. The van der Waals surface area contributed by atoms with Crippen molar-refractivity contribution >= 4 is 6.08 Å². The Kier molecular flexibility index (Phi) is 4.57. The maximum absolute atomic E-state index is 6.10. The van der Waals surface area contributed by atoms with Crippen LogP contribution in [-0.4, -0.2) is 48.9 Å². The van der Waals surface area contributed by atoms with Crippen molar-refractivity contribution in [2.45, 2.75) is 70.0 Å². The highest BCUT2D eigenvalue weighted by Gasteiger charge is 2.59. The lowest BCUT2D eigenvalue weighted by Crippen LogP contribution is -2.43. The zero-order valence-corrected chi connectivity index (χ0v) is 15.6. The smallest absolute Gasteiger partial charge is 0.191 e. The molecule has 0 aliphatic carbocycles. The highest BCUT2D eigenvalue weighted by Crippen LogP contribution is 2.42. The molecule has 0 spiro atoms. The van der Waals surface area contributed by atoms with E-state index in [1.807, 2.05) is 64.1 Å². The zero-order valence-electron chi connectivity index (χ0n) is 15.6. The molecule has 3 aliphatic rings. The van der Waals surface area contributed by atoms with Gasteiger partial charge in [-0.2, -0.15) is 0 Å². The van der Waals surface area contributed by atoms with Crippen LogP contribution in [0.3, 0.4) is 0 Å². The van der Waals surface area contributed by atoms with E-state index in [-0.39, 0.29) is 24.4 Å². The number of ether oxygens (including phenoxy) is 6. The third-order valence-electron chi connectivity index (χ3n) is 4.72. The van der Waals surface area contributed by atoms with Gasteiger partial charge in [0, 0.05) is 0 Å². The van der Waals surface area contributed by atoms with Gasteiger partial charge in [0.15, 0.2) is 30.1 Å². The Morgan fingerprint density at radius 3 is 2.42 bits per heavy atom. The number of hydrogen-bond donors (Lipinski definition) is 0. The first-order valence-corrected chi connectivity index (χ1v) is 9.03. The first-order chi connectivity index (χ1) is 12.3. The predicted octanol–water partition coefficient (Wildman–Crippen LogP) is 3.07. The topological polar surface area (TPSA) is 55.4 Å². The first-order valence-electron chi connectivity index (χ1n) is 9.03. The minimum Gasteiger partial charge on any atom is -0.492 e. The molecule has 1 aromatic carbocycles. The van der Waals surface area contributed by atoms with Crippen molar-refractivity contribution in [1.82, 2.24) is 0 Å². The van der Waals surface area contributed by atoms with Crippen LogP contribution in [0.5, 0.6) is 0 Å². The molecule has 0 amide bonds. The Balaban J connectivity index is 1.49. The van der Waals surface area contributed by atoms with Gasteiger partial charge in [0.25, 0.3) is 0 Å². The second-order valence-electron chi connectivity index (χ2n) is 7.75. The van der Waals surface area contributed by atoms with Gasteiger partial charge >= 0.3 is 0 Å². The van der Waals surface area contributed by atoms with E-state index >= 15 is 0 Å². The summed E-state index contributed by atoms with van der Waals surface area (Å²) in [6.07, 6.45) is 1.91. The maximum atomic E-state index is 6.10. The number of hydrogen-bond acceptors (Lipinski definition) is 6. The molecule has 26 heavy (non-hydrogen) atoms. The van der Waals surface area contributed by atoms with Gasteiger partial charge in [-0.25, -0.2) is 0 Å². The molecule has 3 fully saturated rings. The van der Waals surface area contributed by atoms with Crippen LogP contribution in [0.25, 0.3) is 6.08 Å². The fourth-order valence-corrected chi connectivity index (χ4v) is 3.61. The van der Waals surface area contributed by atoms with Crippen LogP contribution >= 0.6 is 0 Å². The Bertz CT molecular complexity index is 656. The second-order valence-corrected chi connectivity index (χ2v) is 7.75. The van der Waals surface area contributed by atoms with Crippen LogP contribution in [0.1, 0.15) is 33.3 Å². The molecule has 3 heterocycles. The van der Waals surface area contributed by atoms with E-state index in [0.717, 1.165) is 5.56 Å². The molecule has 142 valence electrons. The largest absolute Gasteiger partial charge is 0.492 e. The van der Waals surface area contributed by atoms with Gasteiger partial charge in [-0.1, -0.05) is 30.3 Å². The predicted molar refractivity (Wildman–Crippen MR) is 94.0 cm³/mol. The van der Waals surface area contributed by atoms with Crippen LogP contribution in [0.15, 0.2) is 36.6 Å². The van der Waals surface area contributed by atoms with E-state index in [2.05, 4.69) is 0 Å². The molecule has 0 aromatic heterocycles. The van der Waals surface area contributed by atoms with Crippen molar-refractivity contribution < 1.29 is 28.4 Å². The highest BCUT2D eigenvalue weighted by atomic mass is 16.8. The van der Waals surface area contributed by atoms with Gasteiger partial charge < -0.3 is 28.4 Å². The van der Waals surface area contributed by atoms with Crippen molar-refractivity contribution in [3.8, 4) is 0 Å². The average molecular weight is 362 g/mol. The van der Waals surface area contributed by atoms with E-state index < -0.39 is 17.9 Å². The van der Waals surface area contributed by atoms with Crippen molar-refractivity contribution in [3.63, 3.8) is 0 Å². The fourth-order valence-electron chi connectivity index (χ4n) is 3.61. The number of rotatable bonds is 4. The zero-order chi connectivity index (χ0) is 18.4. The van der Waals surface area contributed by atoms with Crippen LogP contribution in [0.2, 0.25) is 0 Å². The summed E-state index contributed by atoms with van der Waals surface area (Å²) >= 11 is 0. The summed E-state index contributed by atoms with van der Waals surface area (Å²) in [7, 11) is 0. The summed E-state index contributed by atoms with van der Waals surface area (Å²) in [6, 6.07) is 9.98. The lowest BCUT2D eigenvalue weighted by atomic mass is 10.1. The summed E-state index contributed by atoms with van der Waals surface area (Å²) in [5.74, 6) is -1.32. The molecule has 6 heteroatoms. The third-order valence-corrected chi connectivity index (χ3v) is 4.72. The normalized spacial score (nSPS) is 37.9. The Labute approximate surface area is 154 Å².